The van der Waals surface area contributed by atoms with Crippen LogP contribution in [-0.4, -0.2) is 36.9 Å². The molecule has 27 heavy (non-hydrogen) atoms. The number of nitrogens with two attached hydrogens (primary N) is 1. The fourth-order valence-corrected chi connectivity index (χ4v) is 2.74. The van der Waals surface area contributed by atoms with E-state index in [9.17, 15) is 9.59 Å². The molecule has 3 aromatic rings. The summed E-state index contributed by atoms with van der Waals surface area (Å²) in [6.45, 7) is 0.857. The minimum absolute atomic E-state index is 0.0385. The number of benzene rings is 3. The Morgan fingerprint density at radius 2 is 1.67 bits per heavy atom. The first kappa shape index (κ1) is 18.4. The summed E-state index contributed by atoms with van der Waals surface area (Å²) in [6, 6.07) is 20.1. The molecule has 3 aromatic carbocycles. The standard InChI is InChI=1S/C21H21N3O3/c1-24(21(26)15-5-3-2-4-6-15)11-12-27-19-10-9-16-13-18(20(25)23-22)8-7-17(16)14-19/h2-10,13-14H,11-12,22H2,1H3,(H,23,25). The van der Waals surface area contributed by atoms with Crippen molar-refractivity contribution in [1.82, 2.24) is 10.3 Å². The maximum absolute atomic E-state index is 12.3. The predicted octanol–water partition coefficient (Wildman–Crippen LogP) is 2.59. The van der Waals surface area contributed by atoms with Gasteiger partial charge in [0.15, 0.2) is 0 Å². The van der Waals surface area contributed by atoms with Gasteiger partial charge in [0, 0.05) is 18.2 Å². The molecule has 3 rings (SSSR count). The summed E-state index contributed by atoms with van der Waals surface area (Å²) in [7, 11) is 1.75. The number of rotatable bonds is 6. The first-order valence-electron chi connectivity index (χ1n) is 8.56. The summed E-state index contributed by atoms with van der Waals surface area (Å²) < 4.78 is 5.78. The van der Waals surface area contributed by atoms with E-state index in [1.807, 2.05) is 42.5 Å². The fourth-order valence-electron chi connectivity index (χ4n) is 2.74. The number of amides is 2. The maximum Gasteiger partial charge on any atom is 0.265 e. The molecule has 0 spiro atoms. The number of nitrogens with one attached hydrogen (secondary N) is 1. The van der Waals surface area contributed by atoms with E-state index < -0.39 is 0 Å². The van der Waals surface area contributed by atoms with Crippen LogP contribution in [0.1, 0.15) is 20.7 Å². The lowest BCUT2D eigenvalue weighted by Gasteiger charge is -2.17. The Bertz CT molecular complexity index is 957. The minimum atomic E-state index is -0.330. The van der Waals surface area contributed by atoms with Gasteiger partial charge in [-0.15, -0.1) is 0 Å². The number of nitrogens with zero attached hydrogens (tertiary/aromatic N) is 1. The Morgan fingerprint density at radius 3 is 2.41 bits per heavy atom. The second-order valence-electron chi connectivity index (χ2n) is 6.14. The van der Waals surface area contributed by atoms with Crippen molar-refractivity contribution in [3.05, 3.63) is 77.9 Å². The van der Waals surface area contributed by atoms with Gasteiger partial charge in [-0.05, 0) is 47.2 Å². The SMILES string of the molecule is CN(CCOc1ccc2cc(C(=O)NN)ccc2c1)C(=O)c1ccccc1. The number of fused-ring (bicyclic) bond motifs is 1. The quantitative estimate of drug-likeness (QED) is 0.400. The van der Waals surface area contributed by atoms with Crippen LogP contribution in [0.5, 0.6) is 5.75 Å². The molecule has 3 N–H and O–H groups in total. The summed E-state index contributed by atoms with van der Waals surface area (Å²) in [5.74, 6) is 5.50. The summed E-state index contributed by atoms with van der Waals surface area (Å²) in [5, 5.41) is 1.87. The Hall–Kier alpha value is -3.38. The van der Waals surface area contributed by atoms with E-state index in [0.29, 0.717) is 30.0 Å². The predicted molar refractivity (Wildman–Crippen MR) is 104 cm³/mol. The van der Waals surface area contributed by atoms with Gasteiger partial charge in [0.2, 0.25) is 0 Å². The molecule has 0 heterocycles. The lowest BCUT2D eigenvalue weighted by atomic mass is 10.1. The van der Waals surface area contributed by atoms with Crippen molar-refractivity contribution in [2.45, 2.75) is 0 Å². The van der Waals surface area contributed by atoms with Gasteiger partial charge < -0.3 is 9.64 Å². The van der Waals surface area contributed by atoms with Crippen molar-refractivity contribution < 1.29 is 14.3 Å². The second-order valence-corrected chi connectivity index (χ2v) is 6.14. The molecular formula is C21H21N3O3. The molecule has 0 fully saturated rings. The third kappa shape index (κ3) is 4.43. The van der Waals surface area contributed by atoms with Crippen LogP contribution < -0.4 is 16.0 Å². The third-order valence-electron chi connectivity index (χ3n) is 4.27. The summed E-state index contributed by atoms with van der Waals surface area (Å²) in [5.41, 5.74) is 3.28. The van der Waals surface area contributed by atoms with Crippen molar-refractivity contribution >= 4 is 22.6 Å². The number of hydrogen-bond donors (Lipinski definition) is 2. The number of hydrazine groups is 1. The number of carbonyl (C=O) groups excluding carboxylic acids is 2. The molecule has 0 aliphatic heterocycles. The average molecular weight is 363 g/mol. The molecule has 6 nitrogen and oxygen atoms in total. The van der Waals surface area contributed by atoms with Gasteiger partial charge in [0.25, 0.3) is 11.8 Å². The Morgan fingerprint density at radius 1 is 0.963 bits per heavy atom. The first-order valence-corrected chi connectivity index (χ1v) is 8.56. The average Bonchev–Trinajstić information content (AvgIpc) is 2.72. The molecule has 2 amide bonds. The zero-order valence-corrected chi connectivity index (χ0v) is 15.0. The van der Waals surface area contributed by atoms with Crippen LogP contribution in [0.3, 0.4) is 0 Å². The number of likely N-dealkylation sites (N-methyl/N-ethyl adjacent to an activating group) is 1. The van der Waals surface area contributed by atoms with Crippen LogP contribution in [0.15, 0.2) is 66.7 Å². The highest BCUT2D eigenvalue weighted by Crippen LogP contribution is 2.22. The molecule has 0 radical (unpaired) electrons. The highest BCUT2D eigenvalue weighted by atomic mass is 16.5. The van der Waals surface area contributed by atoms with E-state index in [2.05, 4.69) is 5.43 Å². The number of ether oxygens (including phenoxy) is 1. The molecule has 0 aliphatic carbocycles. The van der Waals surface area contributed by atoms with Gasteiger partial charge in [-0.2, -0.15) is 0 Å². The van der Waals surface area contributed by atoms with Crippen molar-refractivity contribution in [2.75, 3.05) is 20.2 Å². The minimum Gasteiger partial charge on any atom is -0.492 e. The molecule has 6 heteroatoms. The van der Waals surface area contributed by atoms with E-state index in [-0.39, 0.29) is 11.8 Å². The van der Waals surface area contributed by atoms with Crippen LogP contribution >= 0.6 is 0 Å². The number of nitrogen functional groups attached to an aromatic ring is 1. The molecule has 0 unspecified atom stereocenters. The highest BCUT2D eigenvalue weighted by molar-refractivity contribution is 5.98. The molecule has 0 aliphatic rings. The van der Waals surface area contributed by atoms with Crippen molar-refractivity contribution in [3.63, 3.8) is 0 Å². The van der Waals surface area contributed by atoms with Gasteiger partial charge in [0.1, 0.15) is 12.4 Å². The summed E-state index contributed by atoms with van der Waals surface area (Å²) >= 11 is 0. The maximum atomic E-state index is 12.3. The molecule has 0 saturated heterocycles. The second kappa shape index (κ2) is 8.33. The van der Waals surface area contributed by atoms with Crippen LogP contribution in [-0.2, 0) is 0 Å². The van der Waals surface area contributed by atoms with Crippen molar-refractivity contribution in [1.29, 1.82) is 0 Å². The van der Waals surface area contributed by atoms with Crippen LogP contribution in [0.4, 0.5) is 0 Å². The molecule has 0 saturated carbocycles. The van der Waals surface area contributed by atoms with Crippen molar-refractivity contribution in [2.24, 2.45) is 5.84 Å². The van der Waals surface area contributed by atoms with Gasteiger partial charge in [-0.25, -0.2) is 5.84 Å². The molecule has 138 valence electrons. The van der Waals surface area contributed by atoms with E-state index in [1.54, 1.807) is 36.2 Å². The highest BCUT2D eigenvalue weighted by Gasteiger charge is 2.11. The molecule has 0 aromatic heterocycles. The van der Waals surface area contributed by atoms with E-state index in [0.717, 1.165) is 10.8 Å². The normalized spacial score (nSPS) is 10.4. The first-order chi connectivity index (χ1) is 13.1. The van der Waals surface area contributed by atoms with Gasteiger partial charge in [0.05, 0.1) is 6.54 Å². The zero-order chi connectivity index (χ0) is 19.2. The Kier molecular flexibility index (Phi) is 5.68. The van der Waals surface area contributed by atoms with E-state index >= 15 is 0 Å². The van der Waals surface area contributed by atoms with Crippen molar-refractivity contribution in [3.8, 4) is 5.75 Å². The Labute approximate surface area is 157 Å². The van der Waals surface area contributed by atoms with Gasteiger partial charge >= 0.3 is 0 Å². The number of carbonyl (C=O) groups is 2. The van der Waals surface area contributed by atoms with Gasteiger partial charge in [-0.1, -0.05) is 30.3 Å². The Balaban J connectivity index is 1.60. The lowest BCUT2D eigenvalue weighted by molar-refractivity contribution is 0.0773. The van der Waals surface area contributed by atoms with Gasteiger partial charge in [-0.3, -0.25) is 15.0 Å². The smallest absolute Gasteiger partial charge is 0.265 e. The van der Waals surface area contributed by atoms with Crippen LogP contribution in [0, 0.1) is 0 Å². The lowest BCUT2D eigenvalue weighted by Crippen LogP contribution is -2.30. The molecule has 0 bridgehead atoms. The monoisotopic (exact) mass is 363 g/mol. The summed E-state index contributed by atoms with van der Waals surface area (Å²) in [4.78, 5) is 25.5. The molecular weight excluding hydrogens is 342 g/mol. The topological polar surface area (TPSA) is 84.7 Å². The largest absolute Gasteiger partial charge is 0.492 e. The van der Waals surface area contributed by atoms with E-state index in [4.69, 9.17) is 10.6 Å². The van der Waals surface area contributed by atoms with Crippen LogP contribution in [0.25, 0.3) is 10.8 Å². The molecule has 0 atom stereocenters. The summed E-state index contributed by atoms with van der Waals surface area (Å²) in [6.07, 6.45) is 0. The van der Waals surface area contributed by atoms with E-state index in [1.165, 1.54) is 0 Å². The fraction of sp³-hybridized carbons (Fsp3) is 0.143. The zero-order valence-electron chi connectivity index (χ0n) is 15.0. The third-order valence-corrected chi connectivity index (χ3v) is 4.27. The van der Waals surface area contributed by atoms with Crippen LogP contribution in [0.2, 0.25) is 0 Å². The number of hydrogen-bond acceptors (Lipinski definition) is 4.